The minimum atomic E-state index is -0.453. The Morgan fingerprint density at radius 1 is 1.15 bits per heavy atom. The normalized spacial score (nSPS) is 20.7. The molecule has 0 bridgehead atoms. The number of aromatic nitrogens is 1. The fourth-order valence-electron chi connectivity index (χ4n) is 3.23. The Kier molecular flexibility index (Phi) is 5.80. The van der Waals surface area contributed by atoms with Crippen LogP contribution in [-0.4, -0.2) is 40.1 Å². The van der Waals surface area contributed by atoms with Crippen molar-refractivity contribution < 1.29 is 9.66 Å². The second-order valence-electron chi connectivity index (χ2n) is 6.78. The maximum atomic E-state index is 10.6. The summed E-state index contributed by atoms with van der Waals surface area (Å²) in [6, 6.07) is 11.5. The van der Waals surface area contributed by atoms with Crippen LogP contribution in [0, 0.1) is 10.1 Å². The lowest BCUT2D eigenvalue weighted by atomic mass is 10.1. The number of benzene rings is 1. The summed E-state index contributed by atoms with van der Waals surface area (Å²) in [5.74, 6) is 0.621. The number of morpholine rings is 1. The fourth-order valence-corrected chi connectivity index (χ4v) is 3.23. The first kappa shape index (κ1) is 18.3. The van der Waals surface area contributed by atoms with Gasteiger partial charge in [-0.2, -0.15) is 0 Å². The smallest absolute Gasteiger partial charge is 0.287 e. The Hall–Kier alpha value is -2.51. The molecular formula is C19H24N4O3. The molecule has 138 valence electrons. The molecule has 1 aliphatic rings. The number of nitrogens with zero attached hydrogens (tertiary/aromatic N) is 3. The standard InChI is InChI=1S/C19H24N4O3/c1-14-11-22(12-15(2)26-14)13-17-5-3-16(4-6-17)9-20-19-8-7-18(10-21-19)23(24)25/h3-8,10,14-15H,9,11-13H2,1-2H3,(H,20,21)/t14-,15-/m1/s1. The van der Waals surface area contributed by atoms with Crippen LogP contribution in [0.3, 0.4) is 0 Å². The highest BCUT2D eigenvalue weighted by atomic mass is 16.6. The van der Waals surface area contributed by atoms with E-state index in [9.17, 15) is 10.1 Å². The molecule has 2 heterocycles. The predicted molar refractivity (Wildman–Crippen MR) is 99.9 cm³/mol. The van der Waals surface area contributed by atoms with Crippen LogP contribution in [0.25, 0.3) is 0 Å². The van der Waals surface area contributed by atoms with Crippen LogP contribution in [0.4, 0.5) is 11.5 Å². The molecule has 1 aromatic carbocycles. The van der Waals surface area contributed by atoms with Crippen LogP contribution in [0.2, 0.25) is 0 Å². The van der Waals surface area contributed by atoms with Crippen molar-refractivity contribution in [3.8, 4) is 0 Å². The van der Waals surface area contributed by atoms with E-state index in [1.165, 1.54) is 17.8 Å². The molecule has 0 saturated carbocycles. The molecule has 1 aliphatic heterocycles. The molecule has 0 radical (unpaired) electrons. The van der Waals surface area contributed by atoms with Crippen LogP contribution in [-0.2, 0) is 17.8 Å². The summed E-state index contributed by atoms with van der Waals surface area (Å²) in [6.07, 6.45) is 1.81. The minimum absolute atomic E-state index is 0.00773. The summed E-state index contributed by atoms with van der Waals surface area (Å²) in [4.78, 5) is 16.7. The van der Waals surface area contributed by atoms with E-state index < -0.39 is 4.92 Å². The third-order valence-corrected chi connectivity index (χ3v) is 4.36. The van der Waals surface area contributed by atoms with Crippen LogP contribution in [0.5, 0.6) is 0 Å². The van der Waals surface area contributed by atoms with E-state index in [1.807, 2.05) is 0 Å². The Morgan fingerprint density at radius 2 is 1.81 bits per heavy atom. The average molecular weight is 356 g/mol. The van der Waals surface area contributed by atoms with Gasteiger partial charge in [-0.3, -0.25) is 15.0 Å². The number of nitrogens with one attached hydrogen (secondary N) is 1. The predicted octanol–water partition coefficient (Wildman–Crippen LogP) is 3.21. The third-order valence-electron chi connectivity index (χ3n) is 4.36. The highest BCUT2D eigenvalue weighted by Crippen LogP contribution is 2.16. The molecule has 7 nitrogen and oxygen atoms in total. The number of rotatable bonds is 6. The quantitative estimate of drug-likeness (QED) is 0.632. The monoisotopic (exact) mass is 356 g/mol. The maximum absolute atomic E-state index is 10.6. The van der Waals surface area contributed by atoms with E-state index in [4.69, 9.17) is 4.74 Å². The van der Waals surface area contributed by atoms with Gasteiger partial charge in [-0.15, -0.1) is 0 Å². The minimum Gasteiger partial charge on any atom is -0.373 e. The maximum Gasteiger partial charge on any atom is 0.287 e. The highest BCUT2D eigenvalue weighted by molar-refractivity contribution is 5.40. The van der Waals surface area contributed by atoms with Crippen molar-refractivity contribution in [3.63, 3.8) is 0 Å². The highest BCUT2D eigenvalue weighted by Gasteiger charge is 2.21. The van der Waals surface area contributed by atoms with E-state index >= 15 is 0 Å². The largest absolute Gasteiger partial charge is 0.373 e. The summed E-state index contributed by atoms with van der Waals surface area (Å²) in [6.45, 7) is 7.69. The van der Waals surface area contributed by atoms with Gasteiger partial charge in [-0.05, 0) is 31.0 Å². The van der Waals surface area contributed by atoms with Crippen molar-refractivity contribution in [1.82, 2.24) is 9.88 Å². The Balaban J connectivity index is 1.52. The van der Waals surface area contributed by atoms with E-state index in [1.54, 1.807) is 6.07 Å². The number of hydrogen-bond donors (Lipinski definition) is 1. The molecule has 0 aliphatic carbocycles. The van der Waals surface area contributed by atoms with Gasteiger partial charge in [0.15, 0.2) is 0 Å². The Bertz CT molecular complexity index is 723. The molecule has 0 spiro atoms. The molecule has 1 saturated heterocycles. The Labute approximate surface area is 153 Å². The SMILES string of the molecule is C[C@@H]1CN(Cc2ccc(CNc3ccc([N+](=O)[O-])cn3)cc2)C[C@@H](C)O1. The number of ether oxygens (including phenoxy) is 1. The van der Waals surface area contributed by atoms with Gasteiger partial charge >= 0.3 is 0 Å². The number of nitro groups is 1. The first-order valence-electron chi connectivity index (χ1n) is 8.79. The van der Waals surface area contributed by atoms with Gasteiger partial charge in [0.25, 0.3) is 5.69 Å². The second kappa shape index (κ2) is 8.25. The van der Waals surface area contributed by atoms with Crippen molar-refractivity contribution >= 4 is 11.5 Å². The molecule has 26 heavy (non-hydrogen) atoms. The molecule has 1 N–H and O–H groups in total. The summed E-state index contributed by atoms with van der Waals surface area (Å²) in [5, 5.41) is 13.8. The fraction of sp³-hybridized carbons (Fsp3) is 0.421. The van der Waals surface area contributed by atoms with Crippen molar-refractivity contribution in [1.29, 1.82) is 0 Å². The van der Waals surface area contributed by atoms with Crippen molar-refractivity contribution in [2.75, 3.05) is 18.4 Å². The second-order valence-corrected chi connectivity index (χ2v) is 6.78. The summed E-state index contributed by atoms with van der Waals surface area (Å²) in [7, 11) is 0. The molecular weight excluding hydrogens is 332 g/mol. The van der Waals surface area contributed by atoms with E-state index in [0.717, 1.165) is 25.2 Å². The van der Waals surface area contributed by atoms with Crippen LogP contribution in [0.1, 0.15) is 25.0 Å². The molecule has 0 amide bonds. The number of hydrogen-bond acceptors (Lipinski definition) is 6. The van der Waals surface area contributed by atoms with E-state index in [2.05, 4.69) is 53.3 Å². The van der Waals surface area contributed by atoms with Gasteiger partial charge in [0.2, 0.25) is 0 Å². The molecule has 1 aromatic heterocycles. The van der Waals surface area contributed by atoms with Crippen LogP contribution < -0.4 is 5.32 Å². The van der Waals surface area contributed by atoms with Crippen molar-refractivity contribution in [2.24, 2.45) is 0 Å². The van der Waals surface area contributed by atoms with Gasteiger partial charge in [-0.1, -0.05) is 24.3 Å². The molecule has 2 atom stereocenters. The van der Waals surface area contributed by atoms with E-state index in [-0.39, 0.29) is 17.9 Å². The van der Waals surface area contributed by atoms with Crippen molar-refractivity contribution in [2.45, 2.75) is 39.1 Å². The van der Waals surface area contributed by atoms with Crippen molar-refractivity contribution in [3.05, 3.63) is 63.8 Å². The van der Waals surface area contributed by atoms with Crippen LogP contribution >= 0.6 is 0 Å². The summed E-state index contributed by atoms with van der Waals surface area (Å²) in [5.41, 5.74) is 2.41. The van der Waals surface area contributed by atoms with Gasteiger partial charge in [-0.25, -0.2) is 4.98 Å². The van der Waals surface area contributed by atoms with Gasteiger partial charge in [0, 0.05) is 32.2 Å². The topological polar surface area (TPSA) is 80.5 Å². The molecule has 3 rings (SSSR count). The molecule has 7 heteroatoms. The lowest BCUT2D eigenvalue weighted by molar-refractivity contribution is -0.385. The third kappa shape index (κ3) is 5.00. The zero-order valence-corrected chi connectivity index (χ0v) is 15.1. The van der Waals surface area contributed by atoms with Gasteiger partial charge < -0.3 is 10.1 Å². The first-order chi connectivity index (χ1) is 12.5. The molecule has 0 unspecified atom stereocenters. The average Bonchev–Trinajstić information content (AvgIpc) is 2.60. The zero-order valence-electron chi connectivity index (χ0n) is 15.1. The number of pyridine rings is 1. The van der Waals surface area contributed by atoms with Crippen LogP contribution in [0.15, 0.2) is 42.6 Å². The lowest BCUT2D eigenvalue weighted by Crippen LogP contribution is -2.44. The number of anilines is 1. The van der Waals surface area contributed by atoms with Gasteiger partial charge in [0.05, 0.1) is 17.1 Å². The molecule has 1 fully saturated rings. The summed E-state index contributed by atoms with van der Waals surface area (Å²) >= 11 is 0. The molecule has 2 aromatic rings. The lowest BCUT2D eigenvalue weighted by Gasteiger charge is -2.35. The Morgan fingerprint density at radius 3 is 2.38 bits per heavy atom. The summed E-state index contributed by atoms with van der Waals surface area (Å²) < 4.78 is 5.77. The van der Waals surface area contributed by atoms with E-state index in [0.29, 0.717) is 12.4 Å². The van der Waals surface area contributed by atoms with Gasteiger partial charge in [0.1, 0.15) is 12.0 Å². The zero-order chi connectivity index (χ0) is 18.5. The first-order valence-corrected chi connectivity index (χ1v) is 8.79.